The number of carbonyl (C=O) groups is 2. The summed E-state index contributed by atoms with van der Waals surface area (Å²) in [6.07, 6.45) is 8.69. The van der Waals surface area contributed by atoms with Crippen LogP contribution in [0.25, 0.3) is 33.0 Å². The molecule has 6 heteroatoms. The number of amides is 2. The SMILES string of the molecule is CN1CCCC1CCCn1cc(C2=C(c3c[nH]c4ccccc34)C(=O)NC2=O)c2ccccc21. The molecule has 0 aliphatic carbocycles. The number of aromatic nitrogens is 2. The lowest BCUT2D eigenvalue weighted by Crippen LogP contribution is -2.24. The number of likely N-dealkylation sites (tertiary alicyclic amines) is 1. The molecule has 4 aromatic rings. The molecule has 4 heterocycles. The van der Waals surface area contributed by atoms with Crippen molar-refractivity contribution >= 4 is 44.8 Å². The number of fused-ring (bicyclic) bond motifs is 2. The van der Waals surface area contributed by atoms with E-state index in [-0.39, 0.29) is 11.8 Å². The maximum atomic E-state index is 13.1. The Labute approximate surface area is 198 Å². The van der Waals surface area contributed by atoms with Crippen LogP contribution in [-0.2, 0) is 16.1 Å². The first-order valence-corrected chi connectivity index (χ1v) is 12.1. The summed E-state index contributed by atoms with van der Waals surface area (Å²) >= 11 is 0. The molecule has 1 atom stereocenters. The van der Waals surface area contributed by atoms with Crippen molar-refractivity contribution in [3.8, 4) is 0 Å². The topological polar surface area (TPSA) is 70.1 Å². The fraction of sp³-hybridized carbons (Fsp3) is 0.286. The average molecular weight is 453 g/mol. The van der Waals surface area contributed by atoms with Crippen molar-refractivity contribution in [3.63, 3.8) is 0 Å². The van der Waals surface area contributed by atoms with E-state index in [1.165, 1.54) is 25.8 Å². The van der Waals surface area contributed by atoms with Crippen LogP contribution >= 0.6 is 0 Å². The maximum absolute atomic E-state index is 13.1. The molecule has 0 bridgehead atoms. The Morgan fingerprint density at radius 1 is 0.941 bits per heavy atom. The van der Waals surface area contributed by atoms with Crippen LogP contribution in [0.3, 0.4) is 0 Å². The van der Waals surface area contributed by atoms with Crippen LogP contribution in [0.4, 0.5) is 0 Å². The van der Waals surface area contributed by atoms with Gasteiger partial charge in [0, 0.05) is 57.9 Å². The van der Waals surface area contributed by atoms with Crippen molar-refractivity contribution in [1.82, 2.24) is 19.8 Å². The van der Waals surface area contributed by atoms with E-state index in [0.717, 1.165) is 45.9 Å². The number of aromatic amines is 1. The Balaban J connectivity index is 1.43. The molecular weight excluding hydrogens is 424 g/mol. The van der Waals surface area contributed by atoms with Gasteiger partial charge in [-0.1, -0.05) is 36.4 Å². The first-order valence-electron chi connectivity index (χ1n) is 12.1. The van der Waals surface area contributed by atoms with Crippen LogP contribution in [0.15, 0.2) is 60.9 Å². The van der Waals surface area contributed by atoms with Gasteiger partial charge in [-0.05, 0) is 51.4 Å². The van der Waals surface area contributed by atoms with Crippen LogP contribution in [-0.4, -0.2) is 45.9 Å². The Bertz CT molecular complexity index is 1460. The van der Waals surface area contributed by atoms with E-state index in [1.54, 1.807) is 0 Å². The largest absolute Gasteiger partial charge is 0.361 e. The molecule has 6 rings (SSSR count). The van der Waals surface area contributed by atoms with Crippen LogP contribution in [0, 0.1) is 0 Å². The minimum absolute atomic E-state index is 0.333. The van der Waals surface area contributed by atoms with Gasteiger partial charge in [0.05, 0.1) is 11.1 Å². The van der Waals surface area contributed by atoms with Crippen molar-refractivity contribution in [3.05, 3.63) is 72.1 Å². The van der Waals surface area contributed by atoms with Gasteiger partial charge in [0.15, 0.2) is 0 Å². The van der Waals surface area contributed by atoms with Gasteiger partial charge < -0.3 is 14.5 Å². The van der Waals surface area contributed by atoms with E-state index in [2.05, 4.69) is 39.1 Å². The highest BCUT2D eigenvalue weighted by molar-refractivity contribution is 6.50. The minimum Gasteiger partial charge on any atom is -0.361 e. The zero-order valence-corrected chi connectivity index (χ0v) is 19.3. The summed E-state index contributed by atoms with van der Waals surface area (Å²) in [7, 11) is 2.22. The van der Waals surface area contributed by atoms with Crippen LogP contribution < -0.4 is 5.32 Å². The summed E-state index contributed by atoms with van der Waals surface area (Å²) in [6, 6.07) is 16.7. The molecule has 0 saturated carbocycles. The maximum Gasteiger partial charge on any atom is 0.259 e. The number of benzene rings is 2. The number of hydrogen-bond donors (Lipinski definition) is 2. The molecule has 2 aliphatic rings. The highest BCUT2D eigenvalue weighted by Crippen LogP contribution is 2.38. The second-order valence-electron chi connectivity index (χ2n) is 9.45. The van der Waals surface area contributed by atoms with E-state index in [0.29, 0.717) is 17.2 Å². The molecule has 34 heavy (non-hydrogen) atoms. The van der Waals surface area contributed by atoms with Gasteiger partial charge in [0.1, 0.15) is 0 Å². The molecule has 0 spiro atoms. The second-order valence-corrected chi connectivity index (χ2v) is 9.45. The molecule has 2 aromatic carbocycles. The van der Waals surface area contributed by atoms with Crippen LogP contribution in [0.2, 0.25) is 0 Å². The number of nitrogens with one attached hydrogen (secondary N) is 2. The second kappa shape index (κ2) is 8.29. The summed E-state index contributed by atoms with van der Waals surface area (Å²) in [4.78, 5) is 31.8. The molecule has 0 radical (unpaired) electrons. The smallest absolute Gasteiger partial charge is 0.259 e. The van der Waals surface area contributed by atoms with Crippen molar-refractivity contribution in [2.45, 2.75) is 38.3 Å². The number of carbonyl (C=O) groups excluding carboxylic acids is 2. The summed E-state index contributed by atoms with van der Waals surface area (Å²) in [6.45, 7) is 2.07. The Morgan fingerprint density at radius 2 is 1.68 bits per heavy atom. The Kier molecular flexibility index (Phi) is 5.11. The standard InChI is InChI=1S/C28H28N4O2/c1-31-14-6-8-18(31)9-7-15-32-17-22(20-11-3-5-13-24(20)32)26-25(27(33)30-28(26)34)21-16-29-23-12-4-2-10-19(21)23/h2-5,10-13,16-18,29H,6-9,14-15H2,1H3,(H,30,33,34). The van der Waals surface area contributed by atoms with Gasteiger partial charge in [0.2, 0.25) is 0 Å². The fourth-order valence-electron chi connectivity index (χ4n) is 5.72. The zero-order chi connectivity index (χ0) is 23.2. The van der Waals surface area contributed by atoms with Gasteiger partial charge in [-0.15, -0.1) is 0 Å². The molecule has 1 fully saturated rings. The van der Waals surface area contributed by atoms with Crippen LogP contribution in [0.1, 0.15) is 36.8 Å². The predicted molar refractivity (Wildman–Crippen MR) is 135 cm³/mol. The van der Waals surface area contributed by atoms with Crippen molar-refractivity contribution < 1.29 is 9.59 Å². The minimum atomic E-state index is -0.342. The van der Waals surface area contributed by atoms with E-state index >= 15 is 0 Å². The molecule has 1 unspecified atom stereocenters. The Hall–Kier alpha value is -3.64. The molecule has 1 saturated heterocycles. The number of imide groups is 1. The van der Waals surface area contributed by atoms with E-state index in [4.69, 9.17) is 0 Å². The number of H-pyrrole nitrogens is 1. The summed E-state index contributed by atoms with van der Waals surface area (Å²) in [5.74, 6) is -0.674. The lowest BCUT2D eigenvalue weighted by molar-refractivity contribution is -0.122. The number of aryl methyl sites for hydroxylation is 1. The number of rotatable bonds is 6. The van der Waals surface area contributed by atoms with E-state index in [9.17, 15) is 9.59 Å². The quantitative estimate of drug-likeness (QED) is 0.421. The van der Waals surface area contributed by atoms with Crippen LogP contribution in [0.5, 0.6) is 0 Å². The lowest BCUT2D eigenvalue weighted by Gasteiger charge is -2.19. The van der Waals surface area contributed by atoms with E-state index < -0.39 is 0 Å². The third kappa shape index (κ3) is 3.37. The monoisotopic (exact) mass is 452 g/mol. The first-order chi connectivity index (χ1) is 16.6. The number of hydrogen-bond acceptors (Lipinski definition) is 3. The fourth-order valence-corrected chi connectivity index (χ4v) is 5.72. The van der Waals surface area contributed by atoms with Gasteiger partial charge in [-0.2, -0.15) is 0 Å². The first kappa shape index (κ1) is 20.9. The van der Waals surface area contributed by atoms with E-state index in [1.807, 2.05) is 48.7 Å². The average Bonchev–Trinajstić information content (AvgIpc) is 3.59. The Morgan fingerprint density at radius 3 is 2.47 bits per heavy atom. The molecule has 2 amide bonds. The van der Waals surface area contributed by atoms with Crippen molar-refractivity contribution in [2.24, 2.45) is 0 Å². The highest BCUT2D eigenvalue weighted by Gasteiger charge is 2.35. The predicted octanol–water partition coefficient (Wildman–Crippen LogP) is 4.56. The summed E-state index contributed by atoms with van der Waals surface area (Å²) < 4.78 is 2.25. The normalized spacial score (nSPS) is 19.1. The summed E-state index contributed by atoms with van der Waals surface area (Å²) in [5.41, 5.74) is 4.51. The number of para-hydroxylation sites is 2. The molecule has 2 aromatic heterocycles. The zero-order valence-electron chi connectivity index (χ0n) is 19.3. The van der Waals surface area contributed by atoms with Crippen molar-refractivity contribution in [2.75, 3.05) is 13.6 Å². The van der Waals surface area contributed by atoms with Gasteiger partial charge in [-0.3, -0.25) is 14.9 Å². The molecule has 172 valence electrons. The lowest BCUT2D eigenvalue weighted by atomic mass is 9.95. The van der Waals surface area contributed by atoms with Crippen molar-refractivity contribution in [1.29, 1.82) is 0 Å². The van der Waals surface area contributed by atoms with Gasteiger partial charge >= 0.3 is 0 Å². The highest BCUT2D eigenvalue weighted by atomic mass is 16.2. The number of nitrogens with zero attached hydrogens (tertiary/aromatic N) is 2. The molecular formula is C28H28N4O2. The third-order valence-corrected chi connectivity index (χ3v) is 7.46. The molecule has 6 nitrogen and oxygen atoms in total. The van der Waals surface area contributed by atoms with Gasteiger partial charge in [-0.25, -0.2) is 0 Å². The molecule has 2 N–H and O–H groups in total. The molecule has 2 aliphatic heterocycles. The summed E-state index contributed by atoms with van der Waals surface area (Å²) in [5, 5.41) is 4.48. The van der Waals surface area contributed by atoms with Gasteiger partial charge in [0.25, 0.3) is 11.8 Å². The third-order valence-electron chi connectivity index (χ3n) is 7.46.